The monoisotopic (exact) mass is 647 g/mol. The van der Waals surface area contributed by atoms with E-state index in [1.165, 1.54) is 10.9 Å². The molecule has 0 amide bonds. The number of para-hydroxylation sites is 1. The van der Waals surface area contributed by atoms with E-state index >= 15 is 0 Å². The van der Waals surface area contributed by atoms with Gasteiger partial charge in [-0.05, 0) is 65.7 Å². The molecule has 6 aromatic rings. The van der Waals surface area contributed by atoms with Gasteiger partial charge in [0.15, 0.2) is 11.5 Å². The number of furan rings is 1. The molecule has 0 fully saturated rings. The van der Waals surface area contributed by atoms with Crippen LogP contribution in [-0.2, 0) is 6.61 Å². The first-order chi connectivity index (χ1) is 19.9. The van der Waals surface area contributed by atoms with Crippen LogP contribution in [0.2, 0.25) is 10.0 Å². The summed E-state index contributed by atoms with van der Waals surface area (Å²) in [6, 6.07) is 25.4. The summed E-state index contributed by atoms with van der Waals surface area (Å²) >= 11 is 16.5. The molecule has 41 heavy (non-hydrogen) atoms. The van der Waals surface area contributed by atoms with Gasteiger partial charge in [0.25, 0.3) is 5.56 Å². The second kappa shape index (κ2) is 11.4. The van der Waals surface area contributed by atoms with Crippen LogP contribution >= 0.6 is 39.1 Å². The molecule has 204 valence electrons. The standard InChI is InChI=1S/C31H20BrCl2N3O4/c1-39-26-7-4-8-27-22(26)15-28(41-27)30-36-25-6-3-2-5-21(25)31(38)37(30)35-16-19-13-23(33)29(24(34)14-19)40-17-18-9-11-20(32)12-10-18/h2-16H,17H2,1H3. The average molecular weight is 649 g/mol. The summed E-state index contributed by atoms with van der Waals surface area (Å²) in [5, 5.41) is 6.27. The smallest absolute Gasteiger partial charge is 0.282 e. The lowest BCUT2D eigenvalue weighted by Crippen LogP contribution is -2.20. The zero-order chi connectivity index (χ0) is 28.5. The van der Waals surface area contributed by atoms with E-state index in [2.05, 4.69) is 21.0 Å². The molecule has 0 radical (unpaired) electrons. The lowest BCUT2D eigenvalue weighted by molar-refractivity contribution is 0.306. The Morgan fingerprint density at radius 2 is 1.73 bits per heavy atom. The Kier molecular flexibility index (Phi) is 7.53. The lowest BCUT2D eigenvalue weighted by Gasteiger charge is -2.11. The highest BCUT2D eigenvalue weighted by atomic mass is 79.9. The third-order valence-corrected chi connectivity index (χ3v) is 7.45. The molecule has 0 saturated heterocycles. The predicted molar refractivity (Wildman–Crippen MR) is 166 cm³/mol. The normalized spacial score (nSPS) is 11.5. The number of nitrogens with zero attached hydrogens (tertiary/aromatic N) is 3. The fraction of sp³-hybridized carbons (Fsp3) is 0.0645. The minimum absolute atomic E-state index is 0.231. The molecule has 4 aromatic carbocycles. The Hall–Kier alpha value is -4.11. The molecule has 0 unspecified atom stereocenters. The Labute approximate surface area is 252 Å². The summed E-state index contributed by atoms with van der Waals surface area (Å²) in [5.41, 5.74) is 2.28. The molecular formula is C31H20BrCl2N3O4. The van der Waals surface area contributed by atoms with Crippen LogP contribution in [0, 0.1) is 0 Å². The zero-order valence-electron chi connectivity index (χ0n) is 21.5. The van der Waals surface area contributed by atoms with Gasteiger partial charge in [0.1, 0.15) is 17.9 Å². The molecule has 2 heterocycles. The van der Waals surface area contributed by atoms with Gasteiger partial charge in [0, 0.05) is 4.47 Å². The number of benzene rings is 4. The van der Waals surface area contributed by atoms with Crippen LogP contribution in [-0.4, -0.2) is 23.0 Å². The quantitative estimate of drug-likeness (QED) is 0.163. The number of hydrogen-bond acceptors (Lipinski definition) is 6. The lowest BCUT2D eigenvalue weighted by atomic mass is 10.2. The molecule has 0 spiro atoms. The van der Waals surface area contributed by atoms with Crippen molar-refractivity contribution in [1.29, 1.82) is 0 Å². The summed E-state index contributed by atoms with van der Waals surface area (Å²) in [6.07, 6.45) is 1.49. The second-order valence-corrected chi connectivity index (χ2v) is 10.8. The number of hydrogen-bond donors (Lipinski definition) is 0. The SMILES string of the molecule is COc1cccc2oc(-c3nc4ccccc4c(=O)n3N=Cc3cc(Cl)c(OCc4ccc(Br)cc4)c(Cl)c3)cc12. The fourth-order valence-corrected chi connectivity index (χ4v) is 5.24. The van der Waals surface area contributed by atoms with Gasteiger partial charge in [-0.3, -0.25) is 4.79 Å². The van der Waals surface area contributed by atoms with E-state index in [0.29, 0.717) is 56.0 Å². The maximum Gasteiger partial charge on any atom is 0.282 e. The molecule has 10 heteroatoms. The maximum absolute atomic E-state index is 13.6. The molecule has 7 nitrogen and oxygen atoms in total. The first-order valence-corrected chi connectivity index (χ1v) is 14.0. The summed E-state index contributed by atoms with van der Waals surface area (Å²) in [6.45, 7) is 0.296. The van der Waals surface area contributed by atoms with Crippen molar-refractivity contribution in [3.05, 3.63) is 121 Å². The number of ether oxygens (including phenoxy) is 2. The molecule has 0 aliphatic heterocycles. The second-order valence-electron chi connectivity index (χ2n) is 9.03. The molecule has 0 N–H and O–H groups in total. The van der Waals surface area contributed by atoms with E-state index < -0.39 is 0 Å². The zero-order valence-corrected chi connectivity index (χ0v) is 24.6. The van der Waals surface area contributed by atoms with Gasteiger partial charge in [-0.2, -0.15) is 9.78 Å². The summed E-state index contributed by atoms with van der Waals surface area (Å²) in [5.74, 6) is 1.59. The van der Waals surface area contributed by atoms with E-state index in [1.807, 2.05) is 48.5 Å². The molecule has 0 saturated carbocycles. The minimum Gasteiger partial charge on any atom is -0.496 e. The third-order valence-electron chi connectivity index (χ3n) is 6.35. The van der Waals surface area contributed by atoms with Crippen LogP contribution in [0.15, 0.2) is 104 Å². The van der Waals surface area contributed by atoms with Crippen LogP contribution in [0.3, 0.4) is 0 Å². The topological polar surface area (TPSA) is 78.9 Å². The van der Waals surface area contributed by atoms with E-state index in [9.17, 15) is 4.79 Å². The molecule has 0 bridgehead atoms. The summed E-state index contributed by atoms with van der Waals surface area (Å²) in [4.78, 5) is 18.3. The summed E-state index contributed by atoms with van der Waals surface area (Å²) < 4.78 is 19.6. The number of rotatable bonds is 7. The molecule has 0 aliphatic rings. The van der Waals surface area contributed by atoms with Gasteiger partial charge in [0.05, 0.1) is 39.7 Å². The Balaban J connectivity index is 1.38. The summed E-state index contributed by atoms with van der Waals surface area (Å²) in [7, 11) is 1.59. The van der Waals surface area contributed by atoms with Crippen LogP contribution in [0.25, 0.3) is 33.5 Å². The molecule has 0 aliphatic carbocycles. The number of halogens is 3. The number of methoxy groups -OCH3 is 1. The van der Waals surface area contributed by atoms with Crippen molar-refractivity contribution in [2.24, 2.45) is 5.10 Å². The fourth-order valence-electron chi connectivity index (χ4n) is 4.37. The van der Waals surface area contributed by atoms with E-state index in [1.54, 1.807) is 43.5 Å². The van der Waals surface area contributed by atoms with Crippen molar-refractivity contribution in [2.75, 3.05) is 7.11 Å². The predicted octanol–water partition coefficient (Wildman–Crippen LogP) is 8.35. The van der Waals surface area contributed by atoms with Gasteiger partial charge in [-0.1, -0.05) is 69.5 Å². The van der Waals surface area contributed by atoms with Crippen molar-refractivity contribution in [1.82, 2.24) is 9.66 Å². The van der Waals surface area contributed by atoms with Crippen molar-refractivity contribution >= 4 is 67.2 Å². The third kappa shape index (κ3) is 5.46. The Bertz CT molecular complexity index is 1980. The highest BCUT2D eigenvalue weighted by Crippen LogP contribution is 2.35. The van der Waals surface area contributed by atoms with Crippen LogP contribution in [0.4, 0.5) is 0 Å². The van der Waals surface area contributed by atoms with Gasteiger partial charge >= 0.3 is 0 Å². The molecule has 0 atom stereocenters. The van der Waals surface area contributed by atoms with Gasteiger partial charge in [-0.15, -0.1) is 0 Å². The van der Waals surface area contributed by atoms with Gasteiger partial charge in [0.2, 0.25) is 5.82 Å². The first-order valence-electron chi connectivity index (χ1n) is 12.4. The molecular weight excluding hydrogens is 629 g/mol. The highest BCUT2D eigenvalue weighted by Gasteiger charge is 2.18. The average Bonchev–Trinajstić information content (AvgIpc) is 3.42. The van der Waals surface area contributed by atoms with Crippen molar-refractivity contribution < 1.29 is 13.9 Å². The minimum atomic E-state index is -0.360. The largest absolute Gasteiger partial charge is 0.496 e. The van der Waals surface area contributed by atoms with E-state index in [-0.39, 0.29) is 11.4 Å². The van der Waals surface area contributed by atoms with Gasteiger partial charge in [-0.25, -0.2) is 4.98 Å². The van der Waals surface area contributed by atoms with Crippen molar-refractivity contribution in [3.8, 4) is 23.1 Å². The number of fused-ring (bicyclic) bond motifs is 2. The van der Waals surface area contributed by atoms with E-state index in [0.717, 1.165) is 15.4 Å². The molecule has 2 aromatic heterocycles. The van der Waals surface area contributed by atoms with Crippen molar-refractivity contribution in [3.63, 3.8) is 0 Å². The van der Waals surface area contributed by atoms with Crippen molar-refractivity contribution in [2.45, 2.75) is 6.61 Å². The van der Waals surface area contributed by atoms with Crippen LogP contribution < -0.4 is 15.0 Å². The van der Waals surface area contributed by atoms with Crippen LogP contribution in [0.1, 0.15) is 11.1 Å². The van der Waals surface area contributed by atoms with E-state index in [4.69, 9.17) is 42.1 Å². The van der Waals surface area contributed by atoms with Gasteiger partial charge < -0.3 is 13.9 Å². The Morgan fingerprint density at radius 1 is 0.976 bits per heavy atom. The molecule has 6 rings (SSSR count). The Morgan fingerprint density at radius 3 is 2.49 bits per heavy atom. The number of aromatic nitrogens is 2. The van der Waals surface area contributed by atoms with Crippen LogP contribution in [0.5, 0.6) is 11.5 Å². The maximum atomic E-state index is 13.6. The first kappa shape index (κ1) is 27.1. The highest BCUT2D eigenvalue weighted by molar-refractivity contribution is 9.10.